The normalized spacial score (nSPS) is 22.8. The van der Waals surface area contributed by atoms with Crippen LogP contribution in [-0.2, 0) is 16.7 Å². The van der Waals surface area contributed by atoms with Crippen LogP contribution in [0, 0.1) is 5.82 Å². The Morgan fingerprint density at radius 2 is 1.91 bits per heavy atom. The summed E-state index contributed by atoms with van der Waals surface area (Å²) < 4.78 is 55.2. The molecule has 9 heteroatoms. The number of Topliss-reactive ketones (excluding diaryl/α,β-unsaturated/α-hetero) is 1. The SMILES string of the molecule is NC1=N[C@@]2(CC(c3ccccc3)Oc3ccc(CC(=O)c4ccc(F)cn4)cc32)C(F)(F)CO1. The van der Waals surface area contributed by atoms with Gasteiger partial charge < -0.3 is 15.2 Å². The standard InChI is InChI=1S/C25H20F3N3O3/c26-17-7-8-19(30-13-17)20(32)11-15-6-9-21-18(10-15)24(25(27,28)14-33-23(29)31-24)12-22(34-21)16-4-2-1-3-5-16/h1-10,13,22H,11-12,14H2,(H2,29,31)/t22?,24-/m1/s1. The highest BCUT2D eigenvalue weighted by atomic mass is 19.3. The van der Waals surface area contributed by atoms with E-state index in [0.717, 1.165) is 17.8 Å². The molecule has 3 heterocycles. The number of carbonyl (C=O) groups is 1. The van der Waals surface area contributed by atoms with Crippen molar-refractivity contribution < 1.29 is 27.4 Å². The summed E-state index contributed by atoms with van der Waals surface area (Å²) in [6.45, 7) is -0.925. The minimum Gasteiger partial charge on any atom is -0.485 e. The molecule has 0 amide bonds. The summed E-state index contributed by atoms with van der Waals surface area (Å²) in [4.78, 5) is 20.6. The van der Waals surface area contributed by atoms with Crippen LogP contribution in [0.15, 0.2) is 71.9 Å². The number of hydrogen-bond donors (Lipinski definition) is 1. The molecule has 2 aliphatic rings. The Morgan fingerprint density at radius 3 is 2.65 bits per heavy atom. The van der Waals surface area contributed by atoms with Crippen molar-refractivity contribution >= 4 is 11.8 Å². The molecule has 3 aromatic rings. The molecule has 0 radical (unpaired) electrons. The Balaban J connectivity index is 1.57. The van der Waals surface area contributed by atoms with Crippen LogP contribution in [0.4, 0.5) is 13.2 Å². The highest BCUT2D eigenvalue weighted by Crippen LogP contribution is 2.55. The molecule has 0 bridgehead atoms. The zero-order chi connectivity index (χ0) is 23.9. The third-order valence-electron chi connectivity index (χ3n) is 6.10. The second-order valence-electron chi connectivity index (χ2n) is 8.32. The van der Waals surface area contributed by atoms with Gasteiger partial charge in [-0.05, 0) is 35.4 Å². The summed E-state index contributed by atoms with van der Waals surface area (Å²) >= 11 is 0. The number of nitrogens with zero attached hydrogens (tertiary/aromatic N) is 2. The quantitative estimate of drug-likeness (QED) is 0.577. The van der Waals surface area contributed by atoms with Gasteiger partial charge in [-0.2, -0.15) is 8.78 Å². The maximum Gasteiger partial charge on any atom is 0.310 e. The summed E-state index contributed by atoms with van der Waals surface area (Å²) in [5.74, 6) is -4.10. The first kappa shape index (κ1) is 21.9. The molecule has 174 valence electrons. The number of amidine groups is 1. The van der Waals surface area contributed by atoms with E-state index in [-0.39, 0.29) is 41.7 Å². The van der Waals surface area contributed by atoms with E-state index in [4.69, 9.17) is 15.2 Å². The van der Waals surface area contributed by atoms with Crippen LogP contribution in [-0.4, -0.2) is 29.3 Å². The van der Waals surface area contributed by atoms with E-state index in [9.17, 15) is 9.18 Å². The molecule has 0 saturated carbocycles. The lowest BCUT2D eigenvalue weighted by Crippen LogP contribution is -2.55. The van der Waals surface area contributed by atoms with Gasteiger partial charge in [-0.15, -0.1) is 0 Å². The minimum atomic E-state index is -3.39. The lowest BCUT2D eigenvalue weighted by molar-refractivity contribution is -0.139. The predicted octanol–water partition coefficient (Wildman–Crippen LogP) is 4.35. The van der Waals surface area contributed by atoms with Gasteiger partial charge in [0, 0.05) is 18.4 Å². The van der Waals surface area contributed by atoms with E-state index >= 15 is 8.78 Å². The van der Waals surface area contributed by atoms with Crippen LogP contribution >= 0.6 is 0 Å². The van der Waals surface area contributed by atoms with Crippen molar-refractivity contribution in [1.82, 2.24) is 4.98 Å². The Morgan fingerprint density at radius 1 is 1.12 bits per heavy atom. The van der Waals surface area contributed by atoms with E-state index in [2.05, 4.69) is 9.98 Å². The van der Waals surface area contributed by atoms with Crippen molar-refractivity contribution in [2.45, 2.75) is 30.4 Å². The number of aromatic nitrogens is 1. The summed E-state index contributed by atoms with van der Waals surface area (Å²) in [7, 11) is 0. The average Bonchev–Trinajstić information content (AvgIpc) is 2.83. The number of fused-ring (bicyclic) bond motifs is 2. The summed E-state index contributed by atoms with van der Waals surface area (Å²) in [5.41, 5.74) is 5.14. The average molecular weight is 467 g/mol. The number of carbonyl (C=O) groups excluding carboxylic acids is 1. The predicted molar refractivity (Wildman–Crippen MR) is 117 cm³/mol. The van der Waals surface area contributed by atoms with Crippen molar-refractivity contribution in [3.8, 4) is 5.75 Å². The molecular formula is C25H20F3N3O3. The second kappa shape index (κ2) is 8.16. The van der Waals surface area contributed by atoms with Crippen LogP contribution in [0.1, 0.15) is 39.7 Å². The van der Waals surface area contributed by atoms with Gasteiger partial charge in [-0.25, -0.2) is 9.38 Å². The van der Waals surface area contributed by atoms with E-state index in [1.165, 1.54) is 12.1 Å². The maximum atomic E-state index is 15.5. The van der Waals surface area contributed by atoms with Gasteiger partial charge in [0.2, 0.25) is 0 Å². The number of pyridine rings is 1. The van der Waals surface area contributed by atoms with Gasteiger partial charge in [-0.3, -0.25) is 9.78 Å². The highest BCUT2D eigenvalue weighted by Gasteiger charge is 2.62. The fourth-order valence-corrected chi connectivity index (χ4v) is 4.39. The highest BCUT2D eigenvalue weighted by molar-refractivity contribution is 5.95. The van der Waals surface area contributed by atoms with E-state index < -0.39 is 30.0 Å². The largest absolute Gasteiger partial charge is 0.485 e. The molecule has 5 rings (SSSR count). The number of halogens is 3. The number of rotatable bonds is 4. The number of nitrogens with two attached hydrogens (primary N) is 1. The number of alkyl halides is 2. The first-order valence-corrected chi connectivity index (χ1v) is 10.6. The zero-order valence-corrected chi connectivity index (χ0v) is 17.9. The van der Waals surface area contributed by atoms with Crippen molar-refractivity contribution in [1.29, 1.82) is 0 Å². The smallest absolute Gasteiger partial charge is 0.310 e. The van der Waals surface area contributed by atoms with Crippen LogP contribution in [0.5, 0.6) is 5.75 Å². The number of benzene rings is 2. The third-order valence-corrected chi connectivity index (χ3v) is 6.10. The third kappa shape index (κ3) is 3.76. The summed E-state index contributed by atoms with van der Waals surface area (Å²) in [6, 6.07) is 15.8. The molecule has 2 N–H and O–H groups in total. The Hall–Kier alpha value is -3.88. The van der Waals surface area contributed by atoms with Crippen molar-refractivity contribution in [3.63, 3.8) is 0 Å². The maximum absolute atomic E-state index is 15.5. The molecule has 1 unspecified atom stereocenters. The fourth-order valence-electron chi connectivity index (χ4n) is 4.39. The van der Waals surface area contributed by atoms with Gasteiger partial charge in [0.15, 0.2) is 17.9 Å². The number of hydrogen-bond acceptors (Lipinski definition) is 6. The monoisotopic (exact) mass is 467 g/mol. The van der Waals surface area contributed by atoms with Gasteiger partial charge in [0.1, 0.15) is 23.4 Å². The van der Waals surface area contributed by atoms with Gasteiger partial charge in [0.05, 0.1) is 6.20 Å². The molecule has 6 nitrogen and oxygen atoms in total. The van der Waals surface area contributed by atoms with Crippen LogP contribution in [0.2, 0.25) is 0 Å². The zero-order valence-electron chi connectivity index (χ0n) is 17.9. The lowest BCUT2D eigenvalue weighted by Gasteiger charge is -2.45. The second-order valence-corrected chi connectivity index (χ2v) is 8.32. The molecule has 2 aliphatic heterocycles. The number of ketones is 1. The molecule has 0 fully saturated rings. The Kier molecular flexibility index (Phi) is 5.27. The fraction of sp³-hybridized carbons (Fsp3) is 0.240. The summed E-state index contributed by atoms with van der Waals surface area (Å²) in [6.07, 6.45) is -0.0269. The molecule has 1 aromatic heterocycles. The molecule has 2 aromatic carbocycles. The number of ether oxygens (including phenoxy) is 2. The molecule has 34 heavy (non-hydrogen) atoms. The topological polar surface area (TPSA) is 86.8 Å². The molecule has 2 atom stereocenters. The molecule has 1 spiro atoms. The first-order chi connectivity index (χ1) is 16.3. The van der Waals surface area contributed by atoms with Crippen LogP contribution in [0.3, 0.4) is 0 Å². The van der Waals surface area contributed by atoms with E-state index in [1.54, 1.807) is 36.4 Å². The summed E-state index contributed by atoms with van der Waals surface area (Å²) in [5, 5.41) is 0. The van der Waals surface area contributed by atoms with Gasteiger partial charge in [-0.1, -0.05) is 36.4 Å². The van der Waals surface area contributed by atoms with Crippen molar-refractivity contribution in [2.24, 2.45) is 10.7 Å². The van der Waals surface area contributed by atoms with Crippen molar-refractivity contribution in [2.75, 3.05) is 6.61 Å². The Bertz CT molecular complexity index is 1270. The van der Waals surface area contributed by atoms with Crippen LogP contribution in [0.25, 0.3) is 0 Å². The Labute approximate surface area is 193 Å². The van der Waals surface area contributed by atoms with Gasteiger partial charge in [0.25, 0.3) is 6.02 Å². The minimum absolute atomic E-state index is 0.0767. The van der Waals surface area contributed by atoms with Crippen molar-refractivity contribution in [3.05, 3.63) is 95.1 Å². The van der Waals surface area contributed by atoms with E-state index in [0.29, 0.717) is 5.56 Å². The van der Waals surface area contributed by atoms with Gasteiger partial charge >= 0.3 is 5.92 Å². The molecule has 0 aliphatic carbocycles. The van der Waals surface area contributed by atoms with Crippen LogP contribution < -0.4 is 10.5 Å². The molecular weight excluding hydrogens is 447 g/mol. The van der Waals surface area contributed by atoms with E-state index in [1.807, 2.05) is 6.07 Å². The lowest BCUT2D eigenvalue weighted by atomic mass is 9.75. The number of aliphatic imine (C=N–C) groups is 1. The first-order valence-electron chi connectivity index (χ1n) is 10.6. The molecule has 0 saturated heterocycles.